The Morgan fingerprint density at radius 3 is 2.67 bits per heavy atom. The van der Waals surface area contributed by atoms with Crippen molar-refractivity contribution in [1.82, 2.24) is 5.01 Å². The lowest BCUT2D eigenvalue weighted by molar-refractivity contribution is -0.297. The molecule has 1 N–H and O–H groups in total. The fraction of sp³-hybridized carbons (Fsp3) is 0.429. The van der Waals surface area contributed by atoms with Crippen LogP contribution in [0.25, 0.3) is 0 Å². The molecular formula is C14H15F3N2O2. The summed E-state index contributed by atoms with van der Waals surface area (Å²) in [5, 5.41) is 13.8. The molecule has 1 unspecified atom stereocenters. The van der Waals surface area contributed by atoms with Gasteiger partial charge in [-0.25, -0.2) is 0 Å². The van der Waals surface area contributed by atoms with Crippen molar-refractivity contribution in [2.24, 2.45) is 5.10 Å². The number of hydrogen-bond acceptors (Lipinski definition) is 3. The molecule has 0 saturated heterocycles. The summed E-state index contributed by atoms with van der Waals surface area (Å²) in [5.74, 6) is -0.970. The van der Waals surface area contributed by atoms with Crippen LogP contribution in [0.1, 0.15) is 35.7 Å². The summed E-state index contributed by atoms with van der Waals surface area (Å²) in [4.78, 5) is 12.3. The topological polar surface area (TPSA) is 52.9 Å². The summed E-state index contributed by atoms with van der Waals surface area (Å²) >= 11 is 0. The number of benzene rings is 1. The SMILES string of the molecule is CCC1=NN(C(=O)c2cccc(C)c2)C(O)(C(F)(F)F)C1. The predicted molar refractivity (Wildman–Crippen MR) is 70.7 cm³/mol. The summed E-state index contributed by atoms with van der Waals surface area (Å²) < 4.78 is 39.4. The number of hydrogen-bond donors (Lipinski definition) is 1. The summed E-state index contributed by atoms with van der Waals surface area (Å²) in [5.41, 5.74) is -2.36. The lowest BCUT2D eigenvalue weighted by Crippen LogP contribution is -2.56. The average Bonchev–Trinajstić information content (AvgIpc) is 2.76. The second-order valence-corrected chi connectivity index (χ2v) is 5.00. The number of carbonyl (C=O) groups is 1. The van der Waals surface area contributed by atoms with Gasteiger partial charge in [0.1, 0.15) is 0 Å². The van der Waals surface area contributed by atoms with Crippen LogP contribution in [-0.4, -0.2) is 33.6 Å². The number of nitrogens with zero attached hydrogens (tertiary/aromatic N) is 2. The Morgan fingerprint density at radius 2 is 2.14 bits per heavy atom. The number of alkyl halides is 3. The molecule has 1 aliphatic rings. The van der Waals surface area contributed by atoms with E-state index in [0.29, 0.717) is 0 Å². The average molecular weight is 300 g/mol. The van der Waals surface area contributed by atoms with Gasteiger partial charge in [-0.05, 0) is 25.5 Å². The molecule has 1 aliphatic heterocycles. The number of carbonyl (C=O) groups excluding carboxylic acids is 1. The van der Waals surface area contributed by atoms with E-state index in [1.807, 2.05) is 0 Å². The first-order valence-electron chi connectivity index (χ1n) is 6.45. The van der Waals surface area contributed by atoms with E-state index in [1.54, 1.807) is 26.0 Å². The van der Waals surface area contributed by atoms with E-state index in [9.17, 15) is 23.1 Å². The normalized spacial score (nSPS) is 22.4. The monoisotopic (exact) mass is 300 g/mol. The van der Waals surface area contributed by atoms with E-state index < -0.39 is 24.2 Å². The number of aliphatic hydroxyl groups is 1. The lowest BCUT2D eigenvalue weighted by atomic mass is 10.0. The van der Waals surface area contributed by atoms with Crippen molar-refractivity contribution in [2.45, 2.75) is 38.6 Å². The smallest absolute Gasteiger partial charge is 0.362 e. The van der Waals surface area contributed by atoms with Gasteiger partial charge in [-0.15, -0.1) is 0 Å². The van der Waals surface area contributed by atoms with Gasteiger partial charge in [0.2, 0.25) is 0 Å². The minimum absolute atomic E-state index is 0.0544. The van der Waals surface area contributed by atoms with Crippen molar-refractivity contribution in [3.63, 3.8) is 0 Å². The molecule has 21 heavy (non-hydrogen) atoms. The molecule has 1 heterocycles. The highest BCUT2D eigenvalue weighted by molar-refractivity contribution is 5.98. The van der Waals surface area contributed by atoms with Crippen LogP contribution in [0.2, 0.25) is 0 Å². The van der Waals surface area contributed by atoms with Crippen LogP contribution in [-0.2, 0) is 0 Å². The van der Waals surface area contributed by atoms with Crippen molar-refractivity contribution >= 4 is 11.6 Å². The van der Waals surface area contributed by atoms with Crippen LogP contribution in [0.15, 0.2) is 29.4 Å². The van der Waals surface area contributed by atoms with E-state index in [1.165, 1.54) is 12.1 Å². The standard InChI is InChI=1S/C14H15F3N2O2/c1-3-11-8-13(21,14(15,16)17)19(18-11)12(20)10-6-4-5-9(2)7-10/h4-7,21H,3,8H2,1-2H3. The minimum atomic E-state index is -4.98. The second-order valence-electron chi connectivity index (χ2n) is 5.00. The van der Waals surface area contributed by atoms with E-state index in [0.717, 1.165) is 5.56 Å². The molecule has 0 fully saturated rings. The predicted octanol–water partition coefficient (Wildman–Crippen LogP) is 2.86. The highest BCUT2D eigenvalue weighted by Crippen LogP contribution is 2.41. The lowest BCUT2D eigenvalue weighted by Gasteiger charge is -2.32. The molecule has 1 amide bonds. The second kappa shape index (κ2) is 5.14. The van der Waals surface area contributed by atoms with Gasteiger partial charge in [-0.3, -0.25) is 4.79 Å². The van der Waals surface area contributed by atoms with Gasteiger partial charge in [0.15, 0.2) is 0 Å². The molecule has 4 nitrogen and oxygen atoms in total. The van der Waals surface area contributed by atoms with Crippen molar-refractivity contribution in [3.05, 3.63) is 35.4 Å². The first-order valence-corrected chi connectivity index (χ1v) is 6.45. The van der Waals surface area contributed by atoms with Crippen LogP contribution < -0.4 is 0 Å². The van der Waals surface area contributed by atoms with Gasteiger partial charge >= 0.3 is 6.18 Å². The molecule has 0 aliphatic carbocycles. The Kier molecular flexibility index (Phi) is 3.79. The third kappa shape index (κ3) is 2.65. The Bertz CT molecular complexity index is 598. The first kappa shape index (κ1) is 15.5. The third-order valence-electron chi connectivity index (χ3n) is 3.36. The van der Waals surface area contributed by atoms with Crippen molar-refractivity contribution in [2.75, 3.05) is 0 Å². The Labute approximate surface area is 119 Å². The van der Waals surface area contributed by atoms with E-state index >= 15 is 0 Å². The zero-order valence-electron chi connectivity index (χ0n) is 11.6. The summed E-state index contributed by atoms with van der Waals surface area (Å²) in [6.45, 7) is 3.34. The largest absolute Gasteiger partial charge is 0.438 e. The molecule has 1 aromatic rings. The number of hydrazone groups is 1. The van der Waals surface area contributed by atoms with E-state index in [2.05, 4.69) is 5.10 Å². The Morgan fingerprint density at radius 1 is 1.48 bits per heavy atom. The number of halogens is 3. The van der Waals surface area contributed by atoms with Crippen molar-refractivity contribution in [1.29, 1.82) is 0 Å². The molecule has 1 aromatic carbocycles. The molecule has 7 heteroatoms. The number of rotatable bonds is 2. The zero-order valence-corrected chi connectivity index (χ0v) is 11.6. The molecule has 2 rings (SSSR count). The fourth-order valence-electron chi connectivity index (χ4n) is 2.15. The van der Waals surface area contributed by atoms with Crippen LogP contribution in [0.3, 0.4) is 0 Å². The first-order chi connectivity index (χ1) is 9.69. The van der Waals surface area contributed by atoms with Gasteiger partial charge < -0.3 is 5.11 Å². The molecule has 0 radical (unpaired) electrons. The van der Waals surface area contributed by atoms with E-state index in [-0.39, 0.29) is 22.7 Å². The number of amides is 1. The van der Waals surface area contributed by atoms with Gasteiger partial charge in [0, 0.05) is 17.7 Å². The van der Waals surface area contributed by atoms with Crippen LogP contribution in [0.5, 0.6) is 0 Å². The molecule has 0 spiro atoms. The zero-order chi connectivity index (χ0) is 15.8. The van der Waals surface area contributed by atoms with Gasteiger partial charge in [0.05, 0.1) is 0 Å². The van der Waals surface area contributed by atoms with E-state index in [4.69, 9.17) is 0 Å². The van der Waals surface area contributed by atoms with Crippen LogP contribution in [0, 0.1) is 6.92 Å². The molecular weight excluding hydrogens is 285 g/mol. The van der Waals surface area contributed by atoms with Crippen LogP contribution >= 0.6 is 0 Å². The van der Waals surface area contributed by atoms with Crippen LogP contribution in [0.4, 0.5) is 13.2 Å². The van der Waals surface area contributed by atoms with Gasteiger partial charge in [-0.1, -0.05) is 24.6 Å². The maximum atomic E-state index is 13.1. The highest BCUT2D eigenvalue weighted by Gasteiger charge is 2.63. The van der Waals surface area contributed by atoms with Gasteiger partial charge in [0.25, 0.3) is 11.6 Å². The maximum Gasteiger partial charge on any atom is 0.438 e. The quantitative estimate of drug-likeness (QED) is 0.913. The van der Waals surface area contributed by atoms with Crippen molar-refractivity contribution in [3.8, 4) is 0 Å². The minimum Gasteiger partial charge on any atom is -0.362 e. The summed E-state index contributed by atoms with van der Waals surface area (Å²) in [6.07, 6.45) is -5.46. The molecule has 0 saturated carbocycles. The van der Waals surface area contributed by atoms with Crippen molar-refractivity contribution < 1.29 is 23.1 Å². The summed E-state index contributed by atoms with van der Waals surface area (Å²) in [6, 6.07) is 6.14. The Balaban J connectivity index is 2.43. The maximum absolute atomic E-state index is 13.1. The Hall–Kier alpha value is -1.89. The molecule has 0 aromatic heterocycles. The summed E-state index contributed by atoms with van der Waals surface area (Å²) in [7, 11) is 0. The molecule has 1 atom stereocenters. The third-order valence-corrected chi connectivity index (χ3v) is 3.36. The fourth-order valence-corrected chi connectivity index (χ4v) is 2.15. The molecule has 114 valence electrons. The van der Waals surface area contributed by atoms with Gasteiger partial charge in [-0.2, -0.15) is 23.3 Å². The number of aryl methyl sites for hydroxylation is 1. The molecule has 0 bridgehead atoms. The highest BCUT2D eigenvalue weighted by atomic mass is 19.4.